The van der Waals surface area contributed by atoms with Gasteiger partial charge in [-0.2, -0.15) is 9.97 Å². The molecule has 0 aliphatic carbocycles. The first kappa shape index (κ1) is 13.7. The fourth-order valence-corrected chi connectivity index (χ4v) is 2.18. The van der Waals surface area contributed by atoms with E-state index in [0.29, 0.717) is 35.5 Å². The van der Waals surface area contributed by atoms with E-state index in [1.54, 1.807) is 0 Å². The highest BCUT2D eigenvalue weighted by molar-refractivity contribution is 6.28. The Kier molecular flexibility index (Phi) is 3.66. The third-order valence-corrected chi connectivity index (χ3v) is 3.06. The fourth-order valence-electron chi connectivity index (χ4n) is 2.02. The second kappa shape index (κ2) is 5.61. The van der Waals surface area contributed by atoms with Crippen LogP contribution in [0.5, 0.6) is 0 Å². The van der Waals surface area contributed by atoms with Crippen LogP contribution < -0.4 is 5.32 Å². The van der Waals surface area contributed by atoms with Gasteiger partial charge < -0.3 is 10.3 Å². The number of hydrogen-bond donors (Lipinski definition) is 2. The number of nitrogens with zero attached hydrogens (tertiary/aromatic N) is 3. The van der Waals surface area contributed by atoms with Crippen LogP contribution in [0.1, 0.15) is 5.56 Å². The molecule has 0 amide bonds. The van der Waals surface area contributed by atoms with Crippen LogP contribution in [0.15, 0.2) is 24.5 Å². The highest BCUT2D eigenvalue weighted by Crippen LogP contribution is 2.18. The van der Waals surface area contributed by atoms with E-state index in [1.165, 1.54) is 18.5 Å². The van der Waals surface area contributed by atoms with Gasteiger partial charge in [0.05, 0.1) is 6.33 Å². The van der Waals surface area contributed by atoms with Crippen molar-refractivity contribution in [2.45, 2.75) is 6.42 Å². The molecule has 3 rings (SSSR count). The molecular formula is C13H10ClF2N5. The van der Waals surface area contributed by atoms with Crippen molar-refractivity contribution in [3.05, 3.63) is 47.0 Å². The maximum atomic E-state index is 13.1. The minimum absolute atomic E-state index is 0.0777. The predicted molar refractivity (Wildman–Crippen MR) is 75.2 cm³/mol. The van der Waals surface area contributed by atoms with Crippen LogP contribution in [0.4, 0.5) is 14.6 Å². The van der Waals surface area contributed by atoms with Crippen LogP contribution in [0.25, 0.3) is 11.2 Å². The maximum absolute atomic E-state index is 13.1. The molecule has 108 valence electrons. The van der Waals surface area contributed by atoms with Crippen molar-refractivity contribution >= 4 is 28.6 Å². The van der Waals surface area contributed by atoms with E-state index in [9.17, 15) is 8.78 Å². The van der Waals surface area contributed by atoms with Crippen LogP contribution in [0.3, 0.4) is 0 Å². The molecule has 0 saturated heterocycles. The molecular weight excluding hydrogens is 300 g/mol. The number of aromatic amines is 1. The zero-order valence-electron chi connectivity index (χ0n) is 10.7. The number of aromatic nitrogens is 4. The Morgan fingerprint density at radius 3 is 2.67 bits per heavy atom. The Morgan fingerprint density at radius 2 is 1.90 bits per heavy atom. The molecule has 0 atom stereocenters. The van der Waals surface area contributed by atoms with Crippen molar-refractivity contribution in [1.82, 2.24) is 19.9 Å². The number of halogens is 3. The van der Waals surface area contributed by atoms with E-state index in [4.69, 9.17) is 11.6 Å². The first-order chi connectivity index (χ1) is 10.1. The molecule has 2 N–H and O–H groups in total. The van der Waals surface area contributed by atoms with Gasteiger partial charge in [-0.3, -0.25) is 0 Å². The molecule has 1 aromatic carbocycles. The van der Waals surface area contributed by atoms with E-state index in [0.717, 1.165) is 6.07 Å². The van der Waals surface area contributed by atoms with E-state index in [1.807, 2.05) is 0 Å². The normalized spacial score (nSPS) is 11.0. The number of hydrogen-bond acceptors (Lipinski definition) is 4. The topological polar surface area (TPSA) is 66.5 Å². The van der Waals surface area contributed by atoms with Crippen molar-refractivity contribution in [2.24, 2.45) is 0 Å². The molecule has 0 fully saturated rings. The molecule has 0 saturated carbocycles. The lowest BCUT2D eigenvalue weighted by Gasteiger charge is -2.07. The lowest BCUT2D eigenvalue weighted by molar-refractivity contribution is 0.580. The first-order valence-electron chi connectivity index (χ1n) is 6.17. The summed E-state index contributed by atoms with van der Waals surface area (Å²) in [7, 11) is 0. The molecule has 0 unspecified atom stereocenters. The van der Waals surface area contributed by atoms with Crippen LogP contribution in [0, 0.1) is 11.6 Å². The Labute approximate surface area is 123 Å². The van der Waals surface area contributed by atoms with Gasteiger partial charge >= 0.3 is 0 Å². The second-order valence-corrected chi connectivity index (χ2v) is 4.73. The van der Waals surface area contributed by atoms with Crippen molar-refractivity contribution < 1.29 is 8.78 Å². The molecule has 2 aromatic heterocycles. The number of fused-ring (bicyclic) bond motifs is 1. The van der Waals surface area contributed by atoms with Gasteiger partial charge in [-0.05, 0) is 35.7 Å². The average Bonchev–Trinajstić information content (AvgIpc) is 2.85. The summed E-state index contributed by atoms with van der Waals surface area (Å²) in [5, 5.41) is 3.13. The first-order valence-corrected chi connectivity index (χ1v) is 6.55. The van der Waals surface area contributed by atoms with E-state index < -0.39 is 11.6 Å². The molecule has 0 radical (unpaired) electrons. The molecule has 0 aliphatic rings. The van der Waals surface area contributed by atoms with Gasteiger partial charge in [0.15, 0.2) is 11.5 Å². The monoisotopic (exact) mass is 309 g/mol. The highest BCUT2D eigenvalue weighted by Gasteiger charge is 2.08. The third kappa shape index (κ3) is 3.08. The minimum Gasteiger partial charge on any atom is -0.368 e. The van der Waals surface area contributed by atoms with Crippen molar-refractivity contribution in [3.63, 3.8) is 0 Å². The molecule has 0 bridgehead atoms. The zero-order chi connectivity index (χ0) is 14.8. The molecule has 0 aliphatic heterocycles. The SMILES string of the molecule is Fc1cc(F)cc(CCNc2nc(Cl)nc3nc[nH]c23)c1. The van der Waals surface area contributed by atoms with Crippen molar-refractivity contribution in [3.8, 4) is 0 Å². The summed E-state index contributed by atoms with van der Waals surface area (Å²) in [5.74, 6) is -0.684. The van der Waals surface area contributed by atoms with Crippen LogP contribution in [-0.4, -0.2) is 26.5 Å². The van der Waals surface area contributed by atoms with E-state index >= 15 is 0 Å². The number of rotatable bonds is 4. The number of H-pyrrole nitrogens is 1. The summed E-state index contributed by atoms with van der Waals surface area (Å²) in [4.78, 5) is 14.9. The van der Waals surface area contributed by atoms with Crippen LogP contribution in [0.2, 0.25) is 5.28 Å². The van der Waals surface area contributed by atoms with Crippen molar-refractivity contribution in [1.29, 1.82) is 0 Å². The lowest BCUT2D eigenvalue weighted by atomic mass is 10.1. The van der Waals surface area contributed by atoms with Crippen LogP contribution in [-0.2, 0) is 6.42 Å². The van der Waals surface area contributed by atoms with E-state index in [2.05, 4.69) is 25.3 Å². The largest absolute Gasteiger partial charge is 0.368 e. The van der Waals surface area contributed by atoms with Crippen LogP contribution >= 0.6 is 11.6 Å². The smallest absolute Gasteiger partial charge is 0.226 e. The fraction of sp³-hybridized carbons (Fsp3) is 0.154. The quantitative estimate of drug-likeness (QED) is 0.727. The summed E-state index contributed by atoms with van der Waals surface area (Å²) < 4.78 is 26.2. The Bertz CT molecular complexity index is 769. The van der Waals surface area contributed by atoms with E-state index in [-0.39, 0.29) is 5.28 Å². The third-order valence-electron chi connectivity index (χ3n) is 2.89. The Morgan fingerprint density at radius 1 is 1.14 bits per heavy atom. The summed E-state index contributed by atoms with van der Waals surface area (Å²) in [5.41, 5.74) is 1.64. The Balaban J connectivity index is 1.73. The number of nitrogens with one attached hydrogen (secondary N) is 2. The number of imidazole rings is 1. The maximum Gasteiger partial charge on any atom is 0.226 e. The zero-order valence-corrected chi connectivity index (χ0v) is 11.5. The standard InChI is InChI=1S/C13H10ClF2N5/c14-13-20-11(10-12(21-13)19-6-18-10)17-2-1-7-3-8(15)5-9(16)4-7/h3-6H,1-2H2,(H2,17,18,19,20,21). The molecule has 21 heavy (non-hydrogen) atoms. The Hall–Kier alpha value is -2.28. The van der Waals surface area contributed by atoms with Crippen molar-refractivity contribution in [2.75, 3.05) is 11.9 Å². The molecule has 0 spiro atoms. The minimum atomic E-state index is -0.592. The van der Waals surface area contributed by atoms with Gasteiger partial charge in [0.25, 0.3) is 0 Å². The highest BCUT2D eigenvalue weighted by atomic mass is 35.5. The second-order valence-electron chi connectivity index (χ2n) is 4.40. The molecule has 3 aromatic rings. The lowest BCUT2D eigenvalue weighted by Crippen LogP contribution is -2.08. The van der Waals surface area contributed by atoms with Gasteiger partial charge in [0.1, 0.15) is 17.2 Å². The summed E-state index contributed by atoms with van der Waals surface area (Å²) in [6.07, 6.45) is 1.93. The summed E-state index contributed by atoms with van der Waals surface area (Å²) in [6, 6.07) is 3.43. The summed E-state index contributed by atoms with van der Waals surface area (Å²) >= 11 is 5.80. The van der Waals surface area contributed by atoms with Gasteiger partial charge in [-0.25, -0.2) is 13.8 Å². The van der Waals surface area contributed by atoms with Gasteiger partial charge in [-0.15, -0.1) is 0 Å². The molecule has 5 nitrogen and oxygen atoms in total. The molecule has 8 heteroatoms. The van der Waals surface area contributed by atoms with Gasteiger partial charge in [0.2, 0.25) is 5.28 Å². The number of benzene rings is 1. The summed E-state index contributed by atoms with van der Waals surface area (Å²) in [6.45, 7) is 0.435. The number of anilines is 1. The van der Waals surface area contributed by atoms with Gasteiger partial charge in [-0.1, -0.05) is 0 Å². The van der Waals surface area contributed by atoms with Gasteiger partial charge in [0, 0.05) is 12.6 Å². The molecule has 2 heterocycles. The predicted octanol–water partition coefficient (Wildman–Crippen LogP) is 2.94. The average molecular weight is 310 g/mol.